The van der Waals surface area contributed by atoms with E-state index < -0.39 is 12.6 Å². The molecule has 0 unspecified atom stereocenters. The van der Waals surface area contributed by atoms with Crippen molar-refractivity contribution in [2.45, 2.75) is 0 Å². The van der Waals surface area contributed by atoms with E-state index in [-0.39, 0.29) is 0 Å². The lowest BCUT2D eigenvalue weighted by Crippen LogP contribution is -2.03. The second-order valence-electron chi connectivity index (χ2n) is 2.57. The minimum Gasteiger partial charge on any atom is -0.479 e. The lowest BCUT2D eigenvalue weighted by molar-refractivity contribution is -0.142. The minimum atomic E-state index is -1.07. The van der Waals surface area contributed by atoms with Crippen LogP contribution in [-0.4, -0.2) is 23.9 Å². The summed E-state index contributed by atoms with van der Waals surface area (Å²) in [7, 11) is 0. The third-order valence-electron chi connectivity index (χ3n) is 1.42. The van der Waals surface area contributed by atoms with Crippen molar-refractivity contribution in [3.8, 4) is 0 Å². The van der Waals surface area contributed by atoms with Crippen LogP contribution in [0, 0.1) is 0 Å². The smallest absolute Gasteiger partial charge is 0.344 e. The summed E-state index contributed by atoms with van der Waals surface area (Å²) in [6.45, 7) is -0.457. The third-order valence-corrected chi connectivity index (χ3v) is 2.34. The van der Waals surface area contributed by atoms with Crippen molar-refractivity contribution in [2.24, 2.45) is 5.16 Å². The van der Waals surface area contributed by atoms with Gasteiger partial charge in [0.2, 0.25) is 6.61 Å². The molecule has 0 saturated heterocycles. The van der Waals surface area contributed by atoms with Gasteiger partial charge in [-0.2, -0.15) is 0 Å². The Morgan fingerprint density at radius 1 is 1.67 bits per heavy atom. The van der Waals surface area contributed by atoms with E-state index in [9.17, 15) is 4.79 Å². The standard InChI is InChI=1S/C9H7BrClNO3/c10-8-3-7(11)2-1-6(8)4-12-15-5-9(13)14/h1-4H,5H2,(H,13,14)/b12-4+. The van der Waals surface area contributed by atoms with Crippen molar-refractivity contribution in [3.63, 3.8) is 0 Å². The van der Waals surface area contributed by atoms with Gasteiger partial charge in [0.05, 0.1) is 6.21 Å². The maximum absolute atomic E-state index is 10.1. The van der Waals surface area contributed by atoms with E-state index in [0.29, 0.717) is 5.02 Å². The first-order chi connectivity index (χ1) is 7.09. The van der Waals surface area contributed by atoms with Crippen LogP contribution >= 0.6 is 27.5 Å². The highest BCUT2D eigenvalue weighted by atomic mass is 79.9. The third kappa shape index (κ3) is 4.31. The van der Waals surface area contributed by atoms with Crippen molar-refractivity contribution in [1.82, 2.24) is 0 Å². The predicted molar refractivity (Wildman–Crippen MR) is 60.3 cm³/mol. The monoisotopic (exact) mass is 291 g/mol. The molecule has 80 valence electrons. The van der Waals surface area contributed by atoms with E-state index in [1.807, 2.05) is 0 Å². The Kier molecular flexibility index (Phi) is 4.58. The Labute approximate surface area is 99.6 Å². The van der Waals surface area contributed by atoms with Crippen molar-refractivity contribution in [1.29, 1.82) is 0 Å². The molecular formula is C9H7BrClNO3. The summed E-state index contributed by atoms with van der Waals surface area (Å²) in [6.07, 6.45) is 1.41. The molecule has 6 heteroatoms. The Hall–Kier alpha value is -1.07. The average Bonchev–Trinajstić information content (AvgIpc) is 2.14. The number of carboxylic acids is 1. The number of carboxylic acid groups (broad SMARTS) is 1. The molecule has 0 saturated carbocycles. The Morgan fingerprint density at radius 3 is 3.00 bits per heavy atom. The summed E-state index contributed by atoms with van der Waals surface area (Å²) >= 11 is 9.02. The van der Waals surface area contributed by atoms with Gasteiger partial charge in [-0.25, -0.2) is 4.79 Å². The summed E-state index contributed by atoms with van der Waals surface area (Å²) in [5.74, 6) is -1.07. The Bertz CT molecular complexity index is 395. The highest BCUT2D eigenvalue weighted by Gasteiger charge is 1.98. The van der Waals surface area contributed by atoms with Gasteiger partial charge in [-0.15, -0.1) is 0 Å². The number of nitrogens with zero attached hydrogens (tertiary/aromatic N) is 1. The van der Waals surface area contributed by atoms with Gasteiger partial charge in [-0.1, -0.05) is 38.8 Å². The van der Waals surface area contributed by atoms with Crippen LogP contribution in [0.5, 0.6) is 0 Å². The second kappa shape index (κ2) is 5.72. The zero-order chi connectivity index (χ0) is 11.3. The van der Waals surface area contributed by atoms with Crippen LogP contribution in [0.2, 0.25) is 5.02 Å². The molecule has 0 fully saturated rings. The number of aliphatic carboxylic acids is 1. The van der Waals surface area contributed by atoms with Gasteiger partial charge in [0.1, 0.15) is 0 Å². The van der Waals surface area contributed by atoms with E-state index in [1.54, 1.807) is 18.2 Å². The number of rotatable bonds is 4. The zero-order valence-electron chi connectivity index (χ0n) is 7.48. The van der Waals surface area contributed by atoms with Gasteiger partial charge in [-0.3, -0.25) is 0 Å². The van der Waals surface area contributed by atoms with Gasteiger partial charge in [0.15, 0.2) is 0 Å². The molecule has 1 N–H and O–H groups in total. The largest absolute Gasteiger partial charge is 0.479 e. The average molecular weight is 293 g/mol. The van der Waals surface area contributed by atoms with E-state index in [0.717, 1.165) is 10.0 Å². The Morgan fingerprint density at radius 2 is 2.40 bits per heavy atom. The lowest BCUT2D eigenvalue weighted by atomic mass is 10.2. The lowest BCUT2D eigenvalue weighted by Gasteiger charge is -1.98. The molecule has 0 bridgehead atoms. The van der Waals surface area contributed by atoms with Crippen LogP contribution in [0.3, 0.4) is 0 Å². The quantitative estimate of drug-likeness (QED) is 0.685. The molecule has 0 aliphatic carbocycles. The van der Waals surface area contributed by atoms with Gasteiger partial charge in [0, 0.05) is 15.1 Å². The van der Waals surface area contributed by atoms with Crippen LogP contribution in [0.1, 0.15) is 5.56 Å². The molecule has 0 aromatic heterocycles. The van der Waals surface area contributed by atoms with Gasteiger partial charge in [-0.05, 0) is 12.1 Å². The fourth-order valence-electron chi connectivity index (χ4n) is 0.793. The molecule has 15 heavy (non-hydrogen) atoms. The number of oxime groups is 1. The molecule has 1 aromatic carbocycles. The Balaban J connectivity index is 2.60. The number of hydrogen-bond donors (Lipinski definition) is 1. The highest BCUT2D eigenvalue weighted by Crippen LogP contribution is 2.19. The maximum Gasteiger partial charge on any atom is 0.344 e. The summed E-state index contributed by atoms with van der Waals surface area (Å²) in [5.41, 5.74) is 0.754. The van der Waals surface area contributed by atoms with E-state index in [2.05, 4.69) is 25.9 Å². The van der Waals surface area contributed by atoms with Crippen LogP contribution in [0.4, 0.5) is 0 Å². The predicted octanol–water partition coefficient (Wildman–Crippen LogP) is 2.54. The highest BCUT2D eigenvalue weighted by molar-refractivity contribution is 9.10. The van der Waals surface area contributed by atoms with E-state index in [1.165, 1.54) is 6.21 Å². The summed E-state index contributed by atoms with van der Waals surface area (Å²) in [5, 5.41) is 12.4. The van der Waals surface area contributed by atoms with Crippen molar-refractivity contribution < 1.29 is 14.7 Å². The molecule has 1 rings (SSSR count). The maximum atomic E-state index is 10.1. The van der Waals surface area contributed by atoms with Crippen LogP contribution < -0.4 is 0 Å². The summed E-state index contributed by atoms with van der Waals surface area (Å²) in [4.78, 5) is 14.6. The number of hydrogen-bond acceptors (Lipinski definition) is 3. The first-order valence-electron chi connectivity index (χ1n) is 3.92. The zero-order valence-corrected chi connectivity index (χ0v) is 9.83. The van der Waals surface area contributed by atoms with Gasteiger partial charge >= 0.3 is 5.97 Å². The summed E-state index contributed by atoms with van der Waals surface area (Å²) in [6, 6.07) is 5.14. The minimum absolute atomic E-state index is 0.457. The number of carbonyl (C=O) groups is 1. The molecule has 1 aromatic rings. The fourth-order valence-corrected chi connectivity index (χ4v) is 1.58. The number of benzene rings is 1. The molecule has 0 heterocycles. The number of halogens is 2. The molecule has 0 spiro atoms. The molecular weight excluding hydrogens is 285 g/mol. The fraction of sp³-hybridized carbons (Fsp3) is 0.111. The molecule has 4 nitrogen and oxygen atoms in total. The van der Waals surface area contributed by atoms with Crippen LogP contribution in [-0.2, 0) is 9.63 Å². The topological polar surface area (TPSA) is 58.9 Å². The van der Waals surface area contributed by atoms with Gasteiger partial charge < -0.3 is 9.94 Å². The van der Waals surface area contributed by atoms with E-state index in [4.69, 9.17) is 16.7 Å². The molecule has 0 amide bonds. The molecule has 0 aliphatic heterocycles. The first kappa shape index (κ1) is 12.0. The van der Waals surface area contributed by atoms with Crippen molar-refractivity contribution >= 4 is 39.7 Å². The van der Waals surface area contributed by atoms with E-state index >= 15 is 0 Å². The molecule has 0 atom stereocenters. The van der Waals surface area contributed by atoms with Crippen LogP contribution in [0.15, 0.2) is 27.8 Å². The summed E-state index contributed by atoms with van der Waals surface area (Å²) < 4.78 is 0.762. The van der Waals surface area contributed by atoms with Crippen LogP contribution in [0.25, 0.3) is 0 Å². The second-order valence-corrected chi connectivity index (χ2v) is 3.86. The molecule has 0 radical (unpaired) electrons. The normalized spacial score (nSPS) is 10.5. The van der Waals surface area contributed by atoms with Crippen molar-refractivity contribution in [3.05, 3.63) is 33.3 Å². The van der Waals surface area contributed by atoms with Crippen molar-refractivity contribution in [2.75, 3.05) is 6.61 Å². The molecule has 0 aliphatic rings. The SMILES string of the molecule is O=C(O)CO/N=C/c1ccc(Cl)cc1Br. The van der Waals surface area contributed by atoms with Gasteiger partial charge in [0.25, 0.3) is 0 Å². The first-order valence-corrected chi connectivity index (χ1v) is 5.09.